The minimum atomic E-state index is -4.53. The highest BCUT2D eigenvalue weighted by molar-refractivity contribution is 6.36. The summed E-state index contributed by atoms with van der Waals surface area (Å²) in [5, 5.41) is 3.12. The highest BCUT2D eigenvalue weighted by atomic mass is 35.5. The van der Waals surface area contributed by atoms with Gasteiger partial charge in [0.05, 0.1) is 11.3 Å². The molecule has 7 heteroatoms. The van der Waals surface area contributed by atoms with E-state index in [2.05, 4.69) is 5.32 Å². The van der Waals surface area contributed by atoms with E-state index < -0.39 is 17.6 Å². The van der Waals surface area contributed by atoms with Crippen molar-refractivity contribution in [1.29, 1.82) is 0 Å². The van der Waals surface area contributed by atoms with Gasteiger partial charge in [-0.15, -0.1) is 0 Å². The van der Waals surface area contributed by atoms with Crippen LogP contribution >= 0.6 is 23.2 Å². The first kappa shape index (κ1) is 17.6. The molecule has 0 aliphatic carbocycles. The third-order valence-corrected chi connectivity index (χ3v) is 3.88. The van der Waals surface area contributed by atoms with Gasteiger partial charge in [-0.05, 0) is 36.2 Å². The summed E-state index contributed by atoms with van der Waals surface area (Å²) in [6, 6.07) is 9.77. The topological polar surface area (TPSA) is 29.1 Å². The number of halogens is 5. The smallest absolute Gasteiger partial charge is 0.325 e. The van der Waals surface area contributed by atoms with Gasteiger partial charge < -0.3 is 5.32 Å². The third kappa shape index (κ3) is 4.62. The second-order valence-electron chi connectivity index (χ2n) is 4.79. The molecule has 0 fully saturated rings. The number of hydrogen-bond donors (Lipinski definition) is 1. The summed E-state index contributed by atoms with van der Waals surface area (Å²) >= 11 is 12.0. The first-order valence-electron chi connectivity index (χ1n) is 6.68. The van der Waals surface area contributed by atoms with Gasteiger partial charge in [0, 0.05) is 16.5 Å². The number of carbonyl (C=O) groups is 1. The van der Waals surface area contributed by atoms with E-state index in [-0.39, 0.29) is 18.5 Å². The fourth-order valence-electron chi connectivity index (χ4n) is 2.06. The Labute approximate surface area is 141 Å². The van der Waals surface area contributed by atoms with Crippen LogP contribution in [0.4, 0.5) is 18.9 Å². The van der Waals surface area contributed by atoms with Crippen LogP contribution in [-0.4, -0.2) is 5.91 Å². The SMILES string of the molecule is O=C(CCc1c(Cl)cccc1Cl)Nc1ccccc1C(F)(F)F. The maximum Gasteiger partial charge on any atom is 0.418 e. The molecule has 1 amide bonds. The van der Waals surface area contributed by atoms with Crippen LogP contribution in [-0.2, 0) is 17.4 Å². The monoisotopic (exact) mass is 361 g/mol. The lowest BCUT2D eigenvalue weighted by Gasteiger charge is -2.13. The van der Waals surface area contributed by atoms with Crippen LogP contribution < -0.4 is 5.32 Å². The van der Waals surface area contributed by atoms with Crippen molar-refractivity contribution in [2.45, 2.75) is 19.0 Å². The van der Waals surface area contributed by atoms with Gasteiger partial charge in [-0.2, -0.15) is 13.2 Å². The van der Waals surface area contributed by atoms with E-state index >= 15 is 0 Å². The fourth-order valence-corrected chi connectivity index (χ4v) is 2.65. The van der Waals surface area contributed by atoms with Crippen LogP contribution in [0.1, 0.15) is 17.5 Å². The van der Waals surface area contributed by atoms with Gasteiger partial charge in [-0.3, -0.25) is 4.79 Å². The lowest BCUT2D eigenvalue weighted by molar-refractivity contribution is -0.137. The molecule has 2 nitrogen and oxygen atoms in total. The number of hydrogen-bond acceptors (Lipinski definition) is 1. The number of nitrogens with one attached hydrogen (secondary N) is 1. The van der Waals surface area contributed by atoms with Gasteiger partial charge in [0.2, 0.25) is 5.91 Å². The molecule has 2 rings (SSSR count). The molecule has 122 valence electrons. The standard InChI is InChI=1S/C16H12Cl2F3NO/c17-12-5-3-6-13(18)10(12)8-9-15(23)22-14-7-2-1-4-11(14)16(19,20)21/h1-7H,8-9H2,(H,22,23). The zero-order chi connectivity index (χ0) is 17.0. The molecular weight excluding hydrogens is 350 g/mol. The molecule has 23 heavy (non-hydrogen) atoms. The number of rotatable bonds is 4. The molecule has 2 aromatic rings. The zero-order valence-electron chi connectivity index (χ0n) is 11.8. The van der Waals surface area contributed by atoms with Gasteiger partial charge in [0.25, 0.3) is 0 Å². The van der Waals surface area contributed by atoms with E-state index in [9.17, 15) is 18.0 Å². The Morgan fingerprint density at radius 3 is 2.22 bits per heavy atom. The van der Waals surface area contributed by atoms with Crippen LogP contribution in [0.2, 0.25) is 10.0 Å². The molecule has 0 unspecified atom stereocenters. The van der Waals surface area contributed by atoms with Crippen LogP contribution in [0.5, 0.6) is 0 Å². The summed E-state index contributed by atoms with van der Waals surface area (Å²) in [7, 11) is 0. The quantitative estimate of drug-likeness (QED) is 0.756. The van der Waals surface area contributed by atoms with Crippen LogP contribution in [0.25, 0.3) is 0 Å². The number of para-hydroxylation sites is 1. The van der Waals surface area contributed by atoms with Crippen molar-refractivity contribution in [3.8, 4) is 0 Å². The Kier molecular flexibility index (Phi) is 5.55. The molecule has 0 saturated carbocycles. The first-order chi connectivity index (χ1) is 10.8. The fraction of sp³-hybridized carbons (Fsp3) is 0.188. The molecule has 0 spiro atoms. The number of benzene rings is 2. The second-order valence-corrected chi connectivity index (χ2v) is 5.61. The highest BCUT2D eigenvalue weighted by Gasteiger charge is 2.33. The van der Waals surface area contributed by atoms with E-state index in [1.54, 1.807) is 18.2 Å². The van der Waals surface area contributed by atoms with Crippen molar-refractivity contribution in [2.24, 2.45) is 0 Å². The van der Waals surface area contributed by atoms with Crippen LogP contribution in [0, 0.1) is 0 Å². The van der Waals surface area contributed by atoms with Crippen molar-refractivity contribution in [3.63, 3.8) is 0 Å². The van der Waals surface area contributed by atoms with Gasteiger partial charge >= 0.3 is 6.18 Å². The Bertz CT molecular complexity index is 696. The largest absolute Gasteiger partial charge is 0.418 e. The lowest BCUT2D eigenvalue weighted by atomic mass is 10.1. The van der Waals surface area contributed by atoms with Gasteiger partial charge in [0.15, 0.2) is 0 Å². The van der Waals surface area contributed by atoms with Crippen molar-refractivity contribution < 1.29 is 18.0 Å². The van der Waals surface area contributed by atoms with Gasteiger partial charge in [0.1, 0.15) is 0 Å². The van der Waals surface area contributed by atoms with Crippen molar-refractivity contribution in [3.05, 3.63) is 63.6 Å². The van der Waals surface area contributed by atoms with E-state index in [0.717, 1.165) is 6.07 Å². The molecule has 0 atom stereocenters. The Hall–Kier alpha value is -1.72. The summed E-state index contributed by atoms with van der Waals surface area (Å²) in [6.07, 6.45) is -4.33. The molecule has 0 radical (unpaired) electrons. The third-order valence-electron chi connectivity index (χ3n) is 3.17. The number of amides is 1. The average Bonchev–Trinajstić information content (AvgIpc) is 2.46. The van der Waals surface area contributed by atoms with Crippen LogP contribution in [0.3, 0.4) is 0 Å². The van der Waals surface area contributed by atoms with E-state index in [4.69, 9.17) is 23.2 Å². The van der Waals surface area contributed by atoms with Crippen LogP contribution in [0.15, 0.2) is 42.5 Å². The molecule has 0 aliphatic heterocycles. The lowest BCUT2D eigenvalue weighted by Crippen LogP contribution is -2.17. The number of alkyl halides is 3. The normalized spacial score (nSPS) is 11.3. The second kappa shape index (κ2) is 7.23. The predicted octanol–water partition coefficient (Wildman–Crippen LogP) is 5.58. The molecule has 0 saturated heterocycles. The summed E-state index contributed by atoms with van der Waals surface area (Å²) in [5.41, 5.74) is -0.561. The summed E-state index contributed by atoms with van der Waals surface area (Å²) in [4.78, 5) is 11.9. The minimum Gasteiger partial charge on any atom is -0.325 e. The molecule has 0 aromatic heterocycles. The first-order valence-corrected chi connectivity index (χ1v) is 7.43. The Morgan fingerprint density at radius 1 is 1.00 bits per heavy atom. The minimum absolute atomic E-state index is 0.0321. The Balaban J connectivity index is 2.07. The molecule has 0 bridgehead atoms. The van der Waals surface area contributed by atoms with Crippen molar-refractivity contribution in [2.75, 3.05) is 5.32 Å². The maximum absolute atomic E-state index is 12.9. The molecule has 0 heterocycles. The summed E-state index contributed by atoms with van der Waals surface area (Å²) in [6.45, 7) is 0. The highest BCUT2D eigenvalue weighted by Crippen LogP contribution is 2.34. The van der Waals surface area contributed by atoms with Crippen molar-refractivity contribution in [1.82, 2.24) is 0 Å². The molecular formula is C16H12Cl2F3NO. The average molecular weight is 362 g/mol. The Morgan fingerprint density at radius 2 is 1.61 bits per heavy atom. The van der Waals surface area contributed by atoms with Gasteiger partial charge in [-0.1, -0.05) is 41.4 Å². The van der Waals surface area contributed by atoms with E-state index in [0.29, 0.717) is 15.6 Å². The number of carbonyl (C=O) groups excluding carboxylic acids is 1. The molecule has 0 aliphatic rings. The van der Waals surface area contributed by atoms with Crippen molar-refractivity contribution >= 4 is 34.8 Å². The van der Waals surface area contributed by atoms with E-state index in [1.807, 2.05) is 0 Å². The summed E-state index contributed by atoms with van der Waals surface area (Å²) in [5.74, 6) is -0.544. The van der Waals surface area contributed by atoms with E-state index in [1.165, 1.54) is 18.2 Å². The molecule has 2 aromatic carbocycles. The predicted molar refractivity (Wildman–Crippen MR) is 84.9 cm³/mol. The zero-order valence-corrected chi connectivity index (χ0v) is 13.3. The summed E-state index contributed by atoms with van der Waals surface area (Å²) < 4.78 is 38.6. The number of anilines is 1. The van der Waals surface area contributed by atoms with Gasteiger partial charge in [-0.25, -0.2) is 0 Å². The molecule has 1 N–H and O–H groups in total. The maximum atomic E-state index is 12.9.